The molecule has 1 N–H and O–H groups in total. The molecular formula is C17H17BrN2O2. The highest BCUT2D eigenvalue weighted by atomic mass is 79.9. The average Bonchev–Trinajstić information content (AvgIpc) is 2.48. The van der Waals surface area contributed by atoms with E-state index in [-0.39, 0.29) is 12.5 Å². The van der Waals surface area contributed by atoms with Crippen molar-refractivity contribution in [3.8, 4) is 5.75 Å². The van der Waals surface area contributed by atoms with Crippen LogP contribution in [0, 0.1) is 13.8 Å². The smallest absolute Gasteiger partial charge is 0.277 e. The van der Waals surface area contributed by atoms with Crippen molar-refractivity contribution in [1.82, 2.24) is 5.43 Å². The van der Waals surface area contributed by atoms with Crippen LogP contribution in [0.4, 0.5) is 0 Å². The molecule has 2 rings (SSSR count). The van der Waals surface area contributed by atoms with Crippen molar-refractivity contribution in [2.45, 2.75) is 13.8 Å². The van der Waals surface area contributed by atoms with E-state index in [9.17, 15) is 4.79 Å². The van der Waals surface area contributed by atoms with Gasteiger partial charge in [-0.05, 0) is 58.6 Å². The summed E-state index contributed by atoms with van der Waals surface area (Å²) in [6, 6.07) is 13.5. The lowest BCUT2D eigenvalue weighted by molar-refractivity contribution is -0.123. The number of carbonyl (C=O) groups excluding carboxylic acids is 1. The molecule has 0 aliphatic carbocycles. The molecule has 0 aromatic heterocycles. The minimum atomic E-state index is -0.308. The molecule has 0 atom stereocenters. The summed E-state index contributed by atoms with van der Waals surface area (Å²) in [5.41, 5.74) is 5.63. The standard InChI is InChI=1S/C17H17BrN2O2/c1-12-7-8-16(15(18)9-12)22-11-17(21)20-19-10-14-6-4-3-5-13(14)2/h3-10H,11H2,1-2H3,(H,20,21). The molecule has 0 bridgehead atoms. The SMILES string of the molecule is Cc1ccc(OCC(=O)NN=Cc2ccccc2C)c(Br)c1. The van der Waals surface area contributed by atoms with Crippen LogP contribution >= 0.6 is 15.9 Å². The molecule has 0 fully saturated rings. The molecule has 0 aliphatic rings. The normalized spacial score (nSPS) is 10.7. The first-order chi connectivity index (χ1) is 10.6. The molecule has 0 saturated carbocycles. The van der Waals surface area contributed by atoms with Gasteiger partial charge in [-0.25, -0.2) is 5.43 Å². The molecule has 0 spiro atoms. The largest absolute Gasteiger partial charge is 0.483 e. The van der Waals surface area contributed by atoms with Crippen molar-refractivity contribution in [3.05, 3.63) is 63.6 Å². The van der Waals surface area contributed by atoms with Gasteiger partial charge in [0, 0.05) is 0 Å². The molecule has 0 saturated heterocycles. The molecule has 4 nitrogen and oxygen atoms in total. The summed E-state index contributed by atoms with van der Waals surface area (Å²) in [7, 11) is 0. The van der Waals surface area contributed by atoms with Gasteiger partial charge in [0.1, 0.15) is 5.75 Å². The van der Waals surface area contributed by atoms with Gasteiger partial charge >= 0.3 is 0 Å². The maximum atomic E-state index is 11.7. The van der Waals surface area contributed by atoms with Gasteiger partial charge in [-0.15, -0.1) is 0 Å². The highest BCUT2D eigenvalue weighted by Gasteiger charge is 2.05. The van der Waals surface area contributed by atoms with Crippen molar-refractivity contribution < 1.29 is 9.53 Å². The third-order valence-corrected chi connectivity index (χ3v) is 3.65. The second-order valence-corrected chi connectivity index (χ2v) is 5.73. The summed E-state index contributed by atoms with van der Waals surface area (Å²) in [5.74, 6) is 0.320. The summed E-state index contributed by atoms with van der Waals surface area (Å²) < 4.78 is 6.27. The molecule has 0 unspecified atom stereocenters. The predicted octanol–water partition coefficient (Wildman–Crippen LogP) is 3.60. The number of nitrogens with zero attached hydrogens (tertiary/aromatic N) is 1. The lowest BCUT2D eigenvalue weighted by Gasteiger charge is -2.07. The first-order valence-corrected chi connectivity index (χ1v) is 7.62. The quantitative estimate of drug-likeness (QED) is 0.654. The summed E-state index contributed by atoms with van der Waals surface area (Å²) in [6.07, 6.45) is 1.62. The lowest BCUT2D eigenvalue weighted by Crippen LogP contribution is -2.24. The highest BCUT2D eigenvalue weighted by Crippen LogP contribution is 2.25. The van der Waals surface area contributed by atoms with E-state index < -0.39 is 0 Å². The highest BCUT2D eigenvalue weighted by molar-refractivity contribution is 9.10. The number of rotatable bonds is 5. The van der Waals surface area contributed by atoms with E-state index in [4.69, 9.17) is 4.74 Å². The third-order valence-electron chi connectivity index (χ3n) is 3.03. The van der Waals surface area contributed by atoms with Crippen molar-refractivity contribution in [1.29, 1.82) is 0 Å². The number of hydrazone groups is 1. The van der Waals surface area contributed by atoms with Gasteiger partial charge in [0.05, 0.1) is 10.7 Å². The number of benzene rings is 2. The molecule has 22 heavy (non-hydrogen) atoms. The predicted molar refractivity (Wildman–Crippen MR) is 91.3 cm³/mol. The molecule has 2 aromatic carbocycles. The van der Waals surface area contributed by atoms with E-state index in [1.54, 1.807) is 6.21 Å². The van der Waals surface area contributed by atoms with Crippen molar-refractivity contribution in [3.63, 3.8) is 0 Å². The molecule has 0 aliphatic heterocycles. The van der Waals surface area contributed by atoms with Crippen LogP contribution < -0.4 is 10.2 Å². The molecule has 1 amide bonds. The zero-order chi connectivity index (χ0) is 15.9. The fourth-order valence-electron chi connectivity index (χ4n) is 1.80. The van der Waals surface area contributed by atoms with E-state index in [1.165, 1.54) is 0 Å². The minimum Gasteiger partial charge on any atom is -0.483 e. The Hall–Kier alpha value is -2.14. The third kappa shape index (κ3) is 4.70. The molecule has 114 valence electrons. The second-order valence-electron chi connectivity index (χ2n) is 4.87. The van der Waals surface area contributed by atoms with E-state index in [0.717, 1.165) is 21.2 Å². The molecular weight excluding hydrogens is 344 g/mol. The van der Waals surface area contributed by atoms with Crippen LogP contribution in [0.2, 0.25) is 0 Å². The van der Waals surface area contributed by atoms with Gasteiger partial charge in [0.25, 0.3) is 5.91 Å². The van der Waals surface area contributed by atoms with E-state index in [0.29, 0.717) is 5.75 Å². The van der Waals surface area contributed by atoms with Crippen LogP contribution in [0.1, 0.15) is 16.7 Å². The van der Waals surface area contributed by atoms with E-state index >= 15 is 0 Å². The van der Waals surface area contributed by atoms with Crippen LogP contribution in [-0.2, 0) is 4.79 Å². The van der Waals surface area contributed by atoms with Crippen molar-refractivity contribution in [2.24, 2.45) is 5.10 Å². The van der Waals surface area contributed by atoms with Gasteiger partial charge in [-0.2, -0.15) is 5.10 Å². The van der Waals surface area contributed by atoms with E-state index in [1.807, 2.05) is 56.3 Å². The Balaban J connectivity index is 1.84. The number of amides is 1. The summed E-state index contributed by atoms with van der Waals surface area (Å²) >= 11 is 3.40. The van der Waals surface area contributed by atoms with Gasteiger partial charge in [-0.3, -0.25) is 4.79 Å². The number of aryl methyl sites for hydroxylation is 2. The first kappa shape index (κ1) is 16.2. The first-order valence-electron chi connectivity index (χ1n) is 6.83. The Kier molecular flexibility index (Phi) is 5.72. The number of nitrogens with one attached hydrogen (secondary N) is 1. The molecule has 2 aromatic rings. The summed E-state index contributed by atoms with van der Waals surface area (Å²) in [4.78, 5) is 11.7. The van der Waals surface area contributed by atoms with Crippen molar-refractivity contribution >= 4 is 28.1 Å². The minimum absolute atomic E-state index is 0.0905. The van der Waals surface area contributed by atoms with E-state index in [2.05, 4.69) is 26.5 Å². The maximum absolute atomic E-state index is 11.7. The number of ether oxygens (including phenoxy) is 1. The van der Waals surface area contributed by atoms with Crippen LogP contribution in [0.5, 0.6) is 5.75 Å². The topological polar surface area (TPSA) is 50.7 Å². The molecule has 5 heteroatoms. The van der Waals surface area contributed by atoms with Gasteiger partial charge < -0.3 is 4.74 Å². The van der Waals surface area contributed by atoms with Gasteiger partial charge in [0.2, 0.25) is 0 Å². The van der Waals surface area contributed by atoms with Crippen LogP contribution in [-0.4, -0.2) is 18.7 Å². The summed E-state index contributed by atoms with van der Waals surface area (Å²) in [6.45, 7) is 3.88. The van der Waals surface area contributed by atoms with Gasteiger partial charge in [-0.1, -0.05) is 30.3 Å². The van der Waals surface area contributed by atoms with Crippen molar-refractivity contribution in [2.75, 3.05) is 6.61 Å². The molecule has 0 radical (unpaired) electrons. The number of hydrogen-bond donors (Lipinski definition) is 1. The zero-order valence-corrected chi connectivity index (χ0v) is 14.1. The molecule has 0 heterocycles. The summed E-state index contributed by atoms with van der Waals surface area (Å²) in [5, 5.41) is 3.93. The van der Waals surface area contributed by atoms with Crippen LogP contribution in [0.3, 0.4) is 0 Å². The Labute approximate surface area is 138 Å². The number of carbonyl (C=O) groups is 1. The average molecular weight is 361 g/mol. The Bertz CT molecular complexity index is 699. The Morgan fingerprint density at radius 1 is 1.27 bits per heavy atom. The number of halogens is 1. The fraction of sp³-hybridized carbons (Fsp3) is 0.176. The second kappa shape index (κ2) is 7.75. The Morgan fingerprint density at radius 2 is 2.05 bits per heavy atom. The van der Waals surface area contributed by atoms with Crippen LogP contribution in [0.15, 0.2) is 52.0 Å². The monoisotopic (exact) mass is 360 g/mol. The Morgan fingerprint density at radius 3 is 2.77 bits per heavy atom. The number of hydrogen-bond acceptors (Lipinski definition) is 3. The zero-order valence-electron chi connectivity index (χ0n) is 12.5. The lowest BCUT2D eigenvalue weighted by atomic mass is 10.1. The fourth-order valence-corrected chi connectivity index (χ4v) is 2.41. The van der Waals surface area contributed by atoms with Crippen LogP contribution in [0.25, 0.3) is 0 Å². The van der Waals surface area contributed by atoms with Gasteiger partial charge in [0.15, 0.2) is 6.61 Å². The maximum Gasteiger partial charge on any atom is 0.277 e.